The van der Waals surface area contributed by atoms with E-state index in [0.717, 1.165) is 0 Å². The molecule has 1 amide bonds. The Morgan fingerprint density at radius 3 is 2.68 bits per heavy atom. The minimum Gasteiger partial charge on any atom is -0.490 e. The van der Waals surface area contributed by atoms with Crippen LogP contribution in [0.3, 0.4) is 0 Å². The lowest BCUT2D eigenvalue weighted by atomic mass is 10.1. The number of thiocarbonyl (C=S) groups is 1. The molecular weight excluding hydrogens is 476 g/mol. The van der Waals surface area contributed by atoms with Gasteiger partial charge in [-0.1, -0.05) is 12.1 Å². The molecule has 1 aromatic carbocycles. The van der Waals surface area contributed by atoms with Crippen molar-refractivity contribution in [2.75, 3.05) is 26.9 Å². The Balaban J connectivity index is 2.08. The topological polar surface area (TPSA) is 119 Å². The Morgan fingerprint density at radius 2 is 2.00 bits per heavy atom. The van der Waals surface area contributed by atoms with Gasteiger partial charge in [0, 0.05) is 32.0 Å². The van der Waals surface area contributed by atoms with Gasteiger partial charge >= 0.3 is 0 Å². The number of hydrogen-bond donors (Lipinski definition) is 3. The number of benzene rings is 1. The third-order valence-corrected chi connectivity index (χ3v) is 6.02. The van der Waals surface area contributed by atoms with Crippen LogP contribution in [0.2, 0.25) is 0 Å². The maximum atomic E-state index is 13.0. The molecule has 0 aliphatic heterocycles. The van der Waals surface area contributed by atoms with Gasteiger partial charge in [-0.05, 0) is 68.4 Å². The molecule has 2 rings (SSSR count). The highest BCUT2D eigenvalue weighted by molar-refractivity contribution is 7.92. The van der Waals surface area contributed by atoms with Crippen molar-refractivity contribution >= 4 is 39.3 Å². The Hall–Kier alpha value is -3.02. The zero-order chi connectivity index (χ0) is 25.0. The van der Waals surface area contributed by atoms with Gasteiger partial charge in [-0.2, -0.15) is 0 Å². The number of methoxy groups -OCH3 is 1. The van der Waals surface area contributed by atoms with Crippen LogP contribution >= 0.6 is 12.2 Å². The number of ether oxygens (including phenoxy) is 2. The molecule has 3 N–H and O–H groups in total. The number of nitrogens with zero attached hydrogens (tertiary/aromatic N) is 1. The molecule has 0 unspecified atom stereocenters. The molecular formula is C23H30N4O5S2. The van der Waals surface area contributed by atoms with E-state index in [2.05, 4.69) is 20.3 Å². The van der Waals surface area contributed by atoms with Gasteiger partial charge in [0.1, 0.15) is 17.3 Å². The van der Waals surface area contributed by atoms with E-state index in [4.69, 9.17) is 21.7 Å². The van der Waals surface area contributed by atoms with E-state index in [1.54, 1.807) is 36.5 Å². The molecule has 2 aromatic rings. The van der Waals surface area contributed by atoms with Crippen LogP contribution in [0.4, 0.5) is 0 Å². The van der Waals surface area contributed by atoms with E-state index in [1.165, 1.54) is 19.3 Å². The van der Waals surface area contributed by atoms with E-state index < -0.39 is 10.0 Å². The summed E-state index contributed by atoms with van der Waals surface area (Å²) in [5.41, 5.74) is 1.38. The van der Waals surface area contributed by atoms with Crippen molar-refractivity contribution in [3.63, 3.8) is 0 Å². The van der Waals surface area contributed by atoms with E-state index in [-0.39, 0.29) is 34.3 Å². The third kappa shape index (κ3) is 9.46. The first-order valence-corrected chi connectivity index (χ1v) is 12.6. The van der Waals surface area contributed by atoms with Crippen LogP contribution in [0.15, 0.2) is 53.6 Å². The summed E-state index contributed by atoms with van der Waals surface area (Å²) in [5, 5.41) is 5.62. The molecule has 184 valence electrons. The number of hydrogen-bond acceptors (Lipinski definition) is 7. The number of amides is 1. The maximum Gasteiger partial charge on any atom is 0.267 e. The van der Waals surface area contributed by atoms with Crippen molar-refractivity contribution in [3.8, 4) is 5.75 Å². The molecule has 34 heavy (non-hydrogen) atoms. The predicted octanol–water partition coefficient (Wildman–Crippen LogP) is 2.04. The lowest BCUT2D eigenvalue weighted by molar-refractivity contribution is -0.116. The summed E-state index contributed by atoms with van der Waals surface area (Å²) in [5.74, 6) is -0.0900. The molecule has 9 nitrogen and oxygen atoms in total. The van der Waals surface area contributed by atoms with Crippen molar-refractivity contribution in [3.05, 3.63) is 59.9 Å². The second-order valence-corrected chi connectivity index (χ2v) is 9.54. The Labute approximate surface area is 206 Å². The van der Waals surface area contributed by atoms with Crippen LogP contribution in [-0.2, 0) is 26.0 Å². The second-order valence-electron chi connectivity index (χ2n) is 7.48. The number of carbonyl (C=O) groups excluding carboxylic acids is 1. The number of pyridine rings is 1. The summed E-state index contributed by atoms with van der Waals surface area (Å²) in [4.78, 5) is 16.1. The molecule has 0 atom stereocenters. The molecule has 0 radical (unpaired) electrons. The van der Waals surface area contributed by atoms with Crippen LogP contribution in [0.5, 0.6) is 5.75 Å². The minimum absolute atomic E-state index is 0.00444. The number of sulfonamides is 1. The van der Waals surface area contributed by atoms with Crippen molar-refractivity contribution in [1.29, 1.82) is 0 Å². The molecule has 0 saturated carbocycles. The zero-order valence-corrected chi connectivity index (χ0v) is 21.0. The molecule has 1 aromatic heterocycles. The third-order valence-electron chi connectivity index (χ3n) is 4.30. The summed E-state index contributed by atoms with van der Waals surface area (Å²) >= 11 is 5.10. The predicted molar refractivity (Wildman–Crippen MR) is 135 cm³/mol. The second kappa shape index (κ2) is 13.6. The monoisotopic (exact) mass is 506 g/mol. The fraction of sp³-hybridized carbons (Fsp3) is 0.348. The van der Waals surface area contributed by atoms with Crippen LogP contribution < -0.4 is 20.1 Å². The molecule has 0 aliphatic carbocycles. The van der Waals surface area contributed by atoms with Crippen molar-refractivity contribution < 1.29 is 22.7 Å². The van der Waals surface area contributed by atoms with Crippen molar-refractivity contribution in [2.45, 2.75) is 31.2 Å². The van der Waals surface area contributed by atoms with Gasteiger partial charge in [0.15, 0.2) is 5.11 Å². The molecule has 0 aliphatic rings. The van der Waals surface area contributed by atoms with Crippen molar-refractivity contribution in [1.82, 2.24) is 20.3 Å². The van der Waals surface area contributed by atoms with Crippen LogP contribution in [0.25, 0.3) is 6.08 Å². The largest absolute Gasteiger partial charge is 0.490 e. The van der Waals surface area contributed by atoms with Gasteiger partial charge in [0.25, 0.3) is 10.0 Å². The highest BCUT2D eigenvalue weighted by Crippen LogP contribution is 2.25. The number of rotatable bonds is 12. The Bertz CT molecular complexity index is 1090. The van der Waals surface area contributed by atoms with E-state index in [1.807, 2.05) is 19.9 Å². The van der Waals surface area contributed by atoms with E-state index in [9.17, 15) is 13.2 Å². The fourth-order valence-corrected chi connectivity index (χ4v) is 4.44. The van der Waals surface area contributed by atoms with Crippen molar-refractivity contribution in [2.24, 2.45) is 0 Å². The summed E-state index contributed by atoms with van der Waals surface area (Å²) in [7, 11) is -2.47. The molecule has 0 fully saturated rings. The fourth-order valence-electron chi connectivity index (χ4n) is 2.77. The van der Waals surface area contributed by atoms with Gasteiger partial charge in [-0.15, -0.1) is 0 Å². The zero-order valence-electron chi connectivity index (χ0n) is 19.4. The van der Waals surface area contributed by atoms with Crippen LogP contribution in [0, 0.1) is 0 Å². The number of aromatic nitrogens is 1. The van der Waals surface area contributed by atoms with Gasteiger partial charge in [0.05, 0.1) is 12.3 Å². The highest BCUT2D eigenvalue weighted by atomic mass is 32.2. The summed E-state index contributed by atoms with van der Waals surface area (Å²) in [6.45, 7) is 4.50. The molecule has 0 spiro atoms. The smallest absolute Gasteiger partial charge is 0.267 e. The Kier molecular flexibility index (Phi) is 10.9. The quantitative estimate of drug-likeness (QED) is 0.227. The molecule has 1 heterocycles. The highest BCUT2D eigenvalue weighted by Gasteiger charge is 2.22. The normalized spacial score (nSPS) is 11.4. The summed E-state index contributed by atoms with van der Waals surface area (Å²) < 4.78 is 38.9. The number of carbonyl (C=O) groups is 1. The van der Waals surface area contributed by atoms with Gasteiger partial charge in [0.2, 0.25) is 5.91 Å². The molecule has 11 heteroatoms. The van der Waals surface area contributed by atoms with Gasteiger partial charge in [-0.3, -0.25) is 14.5 Å². The standard InChI is InChI=1S/C23H30N4O5S2/c1-17(2)26-23(33)27-34(29,30)21-16-18(7-9-20(21)32-15-14-31-3)11-13-25-22(28)10-8-19-6-4-5-12-24-19/h4-10,12,16-17H,11,13-15H2,1-3H3,(H,25,28)(H2,26,27,33). The first-order valence-electron chi connectivity index (χ1n) is 10.7. The SMILES string of the molecule is COCCOc1ccc(CCNC(=O)C=Cc2ccccn2)cc1S(=O)(=O)NC(=S)NC(C)C. The Morgan fingerprint density at radius 1 is 1.21 bits per heavy atom. The average Bonchev–Trinajstić information content (AvgIpc) is 2.78. The molecule has 0 saturated heterocycles. The van der Waals surface area contributed by atoms with Crippen LogP contribution in [-0.4, -0.2) is 57.3 Å². The molecule has 0 bridgehead atoms. The van der Waals surface area contributed by atoms with E-state index in [0.29, 0.717) is 30.8 Å². The first-order chi connectivity index (χ1) is 16.2. The number of nitrogens with one attached hydrogen (secondary N) is 3. The first kappa shape index (κ1) is 27.2. The summed E-state index contributed by atoms with van der Waals surface area (Å²) in [6, 6.07) is 10.2. The lowest BCUT2D eigenvalue weighted by Crippen LogP contribution is -2.42. The summed E-state index contributed by atoms with van der Waals surface area (Å²) in [6.07, 6.45) is 5.08. The maximum absolute atomic E-state index is 13.0. The van der Waals surface area contributed by atoms with Gasteiger partial charge < -0.3 is 20.1 Å². The minimum atomic E-state index is -4.00. The van der Waals surface area contributed by atoms with Gasteiger partial charge in [-0.25, -0.2) is 8.42 Å². The van der Waals surface area contributed by atoms with Crippen LogP contribution in [0.1, 0.15) is 25.1 Å². The lowest BCUT2D eigenvalue weighted by Gasteiger charge is -2.17. The van der Waals surface area contributed by atoms with E-state index >= 15 is 0 Å². The average molecular weight is 507 g/mol.